The average molecular weight is 323 g/mol. The Bertz CT molecular complexity index is 840. The number of morpholine rings is 1. The molecule has 1 aromatic heterocycles. The summed E-state index contributed by atoms with van der Waals surface area (Å²) in [6.07, 6.45) is 1.75. The summed E-state index contributed by atoms with van der Waals surface area (Å²) in [7, 11) is 0. The molecule has 0 spiro atoms. The van der Waals surface area contributed by atoms with Crippen LogP contribution in [0.15, 0.2) is 60.8 Å². The smallest absolute Gasteiger partial charge is 0.123 e. The van der Waals surface area contributed by atoms with E-state index in [0.29, 0.717) is 0 Å². The number of nitrogens with zero attached hydrogens (tertiary/aromatic N) is 3. The van der Waals surface area contributed by atoms with Crippen molar-refractivity contribution in [3.05, 3.63) is 66.6 Å². The normalized spacial score (nSPS) is 14.8. The van der Waals surface area contributed by atoms with E-state index < -0.39 is 0 Å². The lowest BCUT2D eigenvalue weighted by Crippen LogP contribution is -2.36. The minimum absolute atomic E-state index is 0.248. The number of para-hydroxylation sites is 2. The van der Waals surface area contributed by atoms with E-state index in [0.717, 1.165) is 48.9 Å². The fraction of sp³-hybridized carbons (Fsp3) is 0.211. The van der Waals surface area contributed by atoms with Gasteiger partial charge in [-0.2, -0.15) is 5.10 Å². The van der Waals surface area contributed by atoms with Gasteiger partial charge in [-0.05, 0) is 30.3 Å². The molecule has 0 bridgehead atoms. The van der Waals surface area contributed by atoms with Gasteiger partial charge in [0.15, 0.2) is 0 Å². The molecule has 0 saturated carbocycles. The molecule has 5 heteroatoms. The van der Waals surface area contributed by atoms with Crippen LogP contribution in [0, 0.1) is 5.82 Å². The lowest BCUT2D eigenvalue weighted by atomic mass is 10.1. The second-order valence-electron chi connectivity index (χ2n) is 5.73. The van der Waals surface area contributed by atoms with E-state index in [2.05, 4.69) is 16.1 Å². The zero-order chi connectivity index (χ0) is 16.4. The molecule has 3 aromatic rings. The fourth-order valence-corrected chi connectivity index (χ4v) is 3.08. The van der Waals surface area contributed by atoms with Gasteiger partial charge >= 0.3 is 0 Å². The summed E-state index contributed by atoms with van der Waals surface area (Å²) in [5, 5.41) is 4.48. The van der Waals surface area contributed by atoms with Crippen molar-refractivity contribution < 1.29 is 9.13 Å². The standard InChI is InChI=1S/C19H18FN3O/c20-16-5-3-4-15(14-16)17-8-9-21-23(17)19-7-2-1-6-18(19)22-10-12-24-13-11-22/h1-9,14H,10-13H2. The summed E-state index contributed by atoms with van der Waals surface area (Å²) in [5.41, 5.74) is 3.78. The van der Waals surface area contributed by atoms with Crippen molar-refractivity contribution in [2.75, 3.05) is 31.2 Å². The summed E-state index contributed by atoms with van der Waals surface area (Å²) in [6, 6.07) is 16.7. The highest BCUT2D eigenvalue weighted by molar-refractivity contribution is 5.68. The number of hydrogen-bond donors (Lipinski definition) is 0. The van der Waals surface area contributed by atoms with Crippen LogP contribution in [-0.2, 0) is 4.74 Å². The van der Waals surface area contributed by atoms with Crippen LogP contribution in [0.5, 0.6) is 0 Å². The third kappa shape index (κ3) is 2.78. The molecule has 0 unspecified atom stereocenters. The summed E-state index contributed by atoms with van der Waals surface area (Å²) in [4.78, 5) is 2.30. The van der Waals surface area contributed by atoms with Crippen molar-refractivity contribution in [3.63, 3.8) is 0 Å². The molecule has 0 N–H and O–H groups in total. The number of halogens is 1. The molecule has 4 nitrogen and oxygen atoms in total. The maximum Gasteiger partial charge on any atom is 0.123 e. The molecule has 1 fully saturated rings. The first-order valence-corrected chi connectivity index (χ1v) is 8.05. The lowest BCUT2D eigenvalue weighted by Gasteiger charge is -2.30. The summed E-state index contributed by atoms with van der Waals surface area (Å²) in [6.45, 7) is 3.16. The molecule has 2 heterocycles. The van der Waals surface area contributed by atoms with Crippen LogP contribution < -0.4 is 4.90 Å². The summed E-state index contributed by atoms with van der Waals surface area (Å²) >= 11 is 0. The van der Waals surface area contributed by atoms with E-state index in [1.165, 1.54) is 12.1 Å². The van der Waals surface area contributed by atoms with Gasteiger partial charge in [0.2, 0.25) is 0 Å². The van der Waals surface area contributed by atoms with Gasteiger partial charge < -0.3 is 9.64 Å². The van der Waals surface area contributed by atoms with E-state index in [1.54, 1.807) is 12.3 Å². The van der Waals surface area contributed by atoms with E-state index in [-0.39, 0.29) is 5.82 Å². The van der Waals surface area contributed by atoms with Crippen molar-refractivity contribution in [1.82, 2.24) is 9.78 Å². The van der Waals surface area contributed by atoms with Crippen LogP contribution in [-0.4, -0.2) is 36.1 Å². The molecule has 0 atom stereocenters. The van der Waals surface area contributed by atoms with Crippen LogP contribution in [0.1, 0.15) is 0 Å². The Morgan fingerprint density at radius 3 is 2.50 bits per heavy atom. The SMILES string of the molecule is Fc1cccc(-c2ccnn2-c2ccccc2N2CCOCC2)c1. The Balaban J connectivity index is 1.79. The molecule has 122 valence electrons. The predicted molar refractivity (Wildman–Crippen MR) is 92.0 cm³/mol. The largest absolute Gasteiger partial charge is 0.378 e. The number of aromatic nitrogens is 2. The Morgan fingerprint density at radius 1 is 0.917 bits per heavy atom. The molecule has 1 aliphatic heterocycles. The molecule has 0 amide bonds. The summed E-state index contributed by atoms with van der Waals surface area (Å²) in [5.74, 6) is -0.248. The first kappa shape index (κ1) is 14.9. The number of rotatable bonds is 3. The second-order valence-corrected chi connectivity index (χ2v) is 5.73. The molecule has 1 saturated heterocycles. The number of ether oxygens (including phenoxy) is 1. The number of hydrogen-bond acceptors (Lipinski definition) is 3. The third-order valence-corrected chi connectivity index (χ3v) is 4.22. The first-order chi connectivity index (χ1) is 11.8. The number of anilines is 1. The van der Waals surface area contributed by atoms with Crippen molar-refractivity contribution in [2.24, 2.45) is 0 Å². The monoisotopic (exact) mass is 323 g/mol. The van der Waals surface area contributed by atoms with E-state index >= 15 is 0 Å². The highest BCUT2D eigenvalue weighted by atomic mass is 19.1. The zero-order valence-electron chi connectivity index (χ0n) is 13.2. The van der Waals surface area contributed by atoms with Crippen LogP contribution in [0.2, 0.25) is 0 Å². The van der Waals surface area contributed by atoms with Gasteiger partial charge in [0.1, 0.15) is 5.82 Å². The van der Waals surface area contributed by atoms with E-state index in [1.807, 2.05) is 35.0 Å². The third-order valence-electron chi connectivity index (χ3n) is 4.22. The van der Waals surface area contributed by atoms with Crippen LogP contribution in [0.4, 0.5) is 10.1 Å². The molecular formula is C19H18FN3O. The molecule has 4 rings (SSSR count). The Morgan fingerprint density at radius 2 is 1.71 bits per heavy atom. The molecule has 2 aromatic carbocycles. The van der Waals surface area contributed by atoms with Gasteiger partial charge in [0, 0.05) is 18.7 Å². The Labute approximate surface area is 140 Å². The van der Waals surface area contributed by atoms with Crippen LogP contribution in [0.3, 0.4) is 0 Å². The zero-order valence-corrected chi connectivity index (χ0v) is 13.2. The maximum atomic E-state index is 13.6. The topological polar surface area (TPSA) is 30.3 Å². The molecule has 24 heavy (non-hydrogen) atoms. The highest BCUT2D eigenvalue weighted by Crippen LogP contribution is 2.29. The minimum atomic E-state index is -0.248. The molecular weight excluding hydrogens is 305 g/mol. The quantitative estimate of drug-likeness (QED) is 0.739. The van der Waals surface area contributed by atoms with Gasteiger partial charge in [-0.1, -0.05) is 24.3 Å². The Hall–Kier alpha value is -2.66. The van der Waals surface area contributed by atoms with Crippen molar-refractivity contribution in [2.45, 2.75) is 0 Å². The predicted octanol–water partition coefficient (Wildman–Crippen LogP) is 3.52. The second kappa shape index (κ2) is 6.45. The van der Waals surface area contributed by atoms with Crippen LogP contribution >= 0.6 is 0 Å². The first-order valence-electron chi connectivity index (χ1n) is 8.05. The Kier molecular flexibility index (Phi) is 4.01. The van der Waals surface area contributed by atoms with Crippen molar-refractivity contribution in [1.29, 1.82) is 0 Å². The molecule has 1 aliphatic rings. The highest BCUT2D eigenvalue weighted by Gasteiger charge is 2.17. The molecule has 0 radical (unpaired) electrons. The van der Waals surface area contributed by atoms with Gasteiger partial charge in [0.05, 0.1) is 36.5 Å². The van der Waals surface area contributed by atoms with Gasteiger partial charge in [-0.15, -0.1) is 0 Å². The van der Waals surface area contributed by atoms with Gasteiger partial charge in [-0.25, -0.2) is 9.07 Å². The van der Waals surface area contributed by atoms with Crippen LogP contribution in [0.25, 0.3) is 16.9 Å². The number of benzene rings is 2. The summed E-state index contributed by atoms with van der Waals surface area (Å²) < 4.78 is 20.9. The van der Waals surface area contributed by atoms with Gasteiger partial charge in [-0.3, -0.25) is 0 Å². The maximum absolute atomic E-state index is 13.6. The van der Waals surface area contributed by atoms with E-state index in [4.69, 9.17) is 4.74 Å². The van der Waals surface area contributed by atoms with E-state index in [9.17, 15) is 4.39 Å². The minimum Gasteiger partial charge on any atom is -0.378 e. The van der Waals surface area contributed by atoms with Crippen molar-refractivity contribution >= 4 is 5.69 Å². The van der Waals surface area contributed by atoms with Gasteiger partial charge in [0.25, 0.3) is 0 Å². The lowest BCUT2D eigenvalue weighted by molar-refractivity contribution is 0.122. The molecule has 0 aliphatic carbocycles. The van der Waals surface area contributed by atoms with Crippen molar-refractivity contribution in [3.8, 4) is 16.9 Å². The fourth-order valence-electron chi connectivity index (χ4n) is 3.08. The average Bonchev–Trinajstić information content (AvgIpc) is 3.12.